The molecule has 0 aliphatic heterocycles. The number of fused-ring (bicyclic) bond motifs is 1. The van der Waals surface area contributed by atoms with Crippen molar-refractivity contribution in [1.29, 1.82) is 0 Å². The number of hydrogen-bond acceptors (Lipinski definition) is 4. The van der Waals surface area contributed by atoms with Gasteiger partial charge in [-0.3, -0.25) is 9.78 Å². The summed E-state index contributed by atoms with van der Waals surface area (Å²) in [5.41, 5.74) is 2.49. The van der Waals surface area contributed by atoms with Crippen LogP contribution in [0.25, 0.3) is 16.7 Å². The van der Waals surface area contributed by atoms with Crippen LogP contribution >= 0.6 is 0 Å². The van der Waals surface area contributed by atoms with E-state index >= 15 is 0 Å². The van der Waals surface area contributed by atoms with Crippen molar-refractivity contribution in [3.8, 4) is 5.69 Å². The molecule has 7 heteroatoms. The van der Waals surface area contributed by atoms with E-state index in [0.29, 0.717) is 29.1 Å². The summed E-state index contributed by atoms with van der Waals surface area (Å²) in [5, 5.41) is 7.76. The number of para-hydroxylation sites is 1. The number of aromatic nitrogens is 4. The minimum atomic E-state index is -0.269. The molecule has 0 atom stereocenters. The molecule has 0 saturated heterocycles. The van der Waals surface area contributed by atoms with Gasteiger partial charge in [0.1, 0.15) is 11.2 Å². The number of anilines is 1. The van der Waals surface area contributed by atoms with Crippen LogP contribution in [-0.4, -0.2) is 19.7 Å². The molecule has 0 radical (unpaired) electrons. The average Bonchev–Trinajstić information content (AvgIpc) is 3.08. The molecule has 0 saturated carbocycles. The Balaban J connectivity index is 1.68. The Labute approximate surface area is 148 Å². The van der Waals surface area contributed by atoms with Gasteiger partial charge in [-0.05, 0) is 36.2 Å². The normalized spacial score (nSPS) is 11.0. The van der Waals surface area contributed by atoms with E-state index in [1.54, 1.807) is 23.7 Å². The highest BCUT2D eigenvalue weighted by Crippen LogP contribution is 2.15. The van der Waals surface area contributed by atoms with Gasteiger partial charge in [-0.15, -0.1) is 0 Å². The van der Waals surface area contributed by atoms with E-state index in [4.69, 9.17) is 0 Å². The highest BCUT2D eigenvalue weighted by atomic mass is 19.1. The zero-order valence-electron chi connectivity index (χ0n) is 14.0. The maximum absolute atomic E-state index is 13.4. The van der Waals surface area contributed by atoms with Gasteiger partial charge in [0.2, 0.25) is 5.95 Å². The molecule has 2 aromatic carbocycles. The average molecular weight is 349 g/mol. The molecule has 0 spiro atoms. The fourth-order valence-electron chi connectivity index (χ4n) is 2.76. The molecule has 6 nitrogen and oxygen atoms in total. The number of aromatic amines is 1. The number of halogens is 1. The second kappa shape index (κ2) is 6.44. The molecule has 0 fully saturated rings. The van der Waals surface area contributed by atoms with Gasteiger partial charge < -0.3 is 5.32 Å². The van der Waals surface area contributed by atoms with E-state index < -0.39 is 0 Å². The molecule has 0 aliphatic carbocycles. The first kappa shape index (κ1) is 16.0. The summed E-state index contributed by atoms with van der Waals surface area (Å²) < 4.78 is 15.0. The van der Waals surface area contributed by atoms with Gasteiger partial charge in [-0.1, -0.05) is 30.3 Å². The lowest BCUT2D eigenvalue weighted by atomic mass is 10.1. The summed E-state index contributed by atoms with van der Waals surface area (Å²) in [5.74, 6) is 0.0932. The second-order valence-electron chi connectivity index (χ2n) is 5.98. The summed E-state index contributed by atoms with van der Waals surface area (Å²) in [7, 11) is 0. The quantitative estimate of drug-likeness (QED) is 0.593. The molecule has 130 valence electrons. The molecule has 0 bridgehead atoms. The van der Waals surface area contributed by atoms with Crippen LogP contribution in [0.3, 0.4) is 0 Å². The lowest BCUT2D eigenvalue weighted by Crippen LogP contribution is -2.13. The molecular weight excluding hydrogens is 333 g/mol. The summed E-state index contributed by atoms with van der Waals surface area (Å²) in [4.78, 5) is 19.5. The van der Waals surface area contributed by atoms with E-state index in [9.17, 15) is 9.18 Å². The molecule has 2 N–H and O–H groups in total. The molecular formula is C19H16FN5O. The third kappa shape index (κ3) is 2.95. The Hall–Kier alpha value is -3.48. The van der Waals surface area contributed by atoms with Crippen molar-refractivity contribution in [3.05, 3.63) is 82.0 Å². The molecule has 0 amide bonds. The molecule has 4 rings (SSSR count). The summed E-state index contributed by atoms with van der Waals surface area (Å²) in [6.45, 7) is 2.12. The number of aryl methyl sites for hydroxylation is 1. The van der Waals surface area contributed by atoms with Crippen molar-refractivity contribution in [2.24, 2.45) is 0 Å². The maximum atomic E-state index is 13.4. The first-order valence-corrected chi connectivity index (χ1v) is 8.14. The highest BCUT2D eigenvalue weighted by Gasteiger charge is 2.11. The molecule has 4 aromatic rings. The minimum Gasteiger partial charge on any atom is -0.352 e. The number of rotatable bonds is 4. The predicted molar refractivity (Wildman–Crippen MR) is 97.9 cm³/mol. The van der Waals surface area contributed by atoms with E-state index in [0.717, 1.165) is 11.3 Å². The minimum absolute atomic E-state index is 0.242. The lowest BCUT2D eigenvalue weighted by molar-refractivity contribution is 0.617. The molecule has 0 unspecified atom stereocenters. The largest absolute Gasteiger partial charge is 0.352 e. The maximum Gasteiger partial charge on any atom is 0.263 e. The standard InChI is InChI=1S/C19H16FN5O/c1-12-9-13(7-8-16(12)20)10-21-19-23-17-15(18(26)24-19)11-22-25(17)14-5-3-2-4-6-14/h2-9,11H,10H2,1H3,(H2,21,23,24,26). The number of benzene rings is 2. The fourth-order valence-corrected chi connectivity index (χ4v) is 2.76. The zero-order chi connectivity index (χ0) is 18.1. The molecule has 0 aliphatic rings. The van der Waals surface area contributed by atoms with E-state index in [2.05, 4.69) is 20.4 Å². The van der Waals surface area contributed by atoms with E-state index in [-0.39, 0.29) is 11.4 Å². The topological polar surface area (TPSA) is 75.6 Å². The van der Waals surface area contributed by atoms with Crippen LogP contribution in [-0.2, 0) is 6.54 Å². The van der Waals surface area contributed by atoms with Gasteiger partial charge in [-0.25, -0.2) is 9.07 Å². The molecule has 2 aromatic heterocycles. The van der Waals surface area contributed by atoms with Crippen molar-refractivity contribution in [3.63, 3.8) is 0 Å². The second-order valence-corrected chi connectivity index (χ2v) is 5.98. The number of nitrogens with one attached hydrogen (secondary N) is 2. The number of H-pyrrole nitrogens is 1. The number of hydrogen-bond donors (Lipinski definition) is 2. The van der Waals surface area contributed by atoms with E-state index in [1.807, 2.05) is 30.3 Å². The van der Waals surface area contributed by atoms with Crippen molar-refractivity contribution in [2.75, 3.05) is 5.32 Å². The number of nitrogens with zero attached hydrogens (tertiary/aromatic N) is 3. The smallest absolute Gasteiger partial charge is 0.263 e. The Bertz CT molecular complexity index is 1130. The first-order valence-electron chi connectivity index (χ1n) is 8.14. The Morgan fingerprint density at radius 1 is 1.19 bits per heavy atom. The van der Waals surface area contributed by atoms with Crippen LogP contribution in [0.1, 0.15) is 11.1 Å². The van der Waals surface area contributed by atoms with Crippen LogP contribution < -0.4 is 10.9 Å². The fraction of sp³-hybridized carbons (Fsp3) is 0.105. The predicted octanol–water partition coefficient (Wildman–Crippen LogP) is 3.17. The van der Waals surface area contributed by atoms with Crippen LogP contribution in [0.2, 0.25) is 0 Å². The zero-order valence-corrected chi connectivity index (χ0v) is 14.0. The molecule has 26 heavy (non-hydrogen) atoms. The van der Waals surface area contributed by atoms with Crippen LogP contribution in [0, 0.1) is 12.7 Å². The SMILES string of the molecule is Cc1cc(CNc2nc3c(cnn3-c3ccccc3)c(=O)[nH]2)ccc1F. The van der Waals surface area contributed by atoms with Gasteiger partial charge in [-0.2, -0.15) is 10.1 Å². The van der Waals surface area contributed by atoms with Crippen molar-refractivity contribution < 1.29 is 4.39 Å². The van der Waals surface area contributed by atoms with Crippen molar-refractivity contribution in [1.82, 2.24) is 19.7 Å². The monoisotopic (exact) mass is 349 g/mol. The van der Waals surface area contributed by atoms with Gasteiger partial charge in [0.05, 0.1) is 11.9 Å². The first-order chi connectivity index (χ1) is 12.6. The van der Waals surface area contributed by atoms with E-state index in [1.165, 1.54) is 12.3 Å². The summed E-state index contributed by atoms with van der Waals surface area (Å²) in [6, 6.07) is 14.4. The Kier molecular flexibility index (Phi) is 3.96. The van der Waals surface area contributed by atoms with Crippen molar-refractivity contribution in [2.45, 2.75) is 13.5 Å². The van der Waals surface area contributed by atoms with Crippen LogP contribution in [0.15, 0.2) is 59.5 Å². The summed E-state index contributed by atoms with van der Waals surface area (Å²) in [6.07, 6.45) is 1.50. The Morgan fingerprint density at radius 3 is 2.77 bits per heavy atom. The summed E-state index contributed by atoms with van der Waals surface area (Å²) >= 11 is 0. The van der Waals surface area contributed by atoms with Crippen LogP contribution in [0.4, 0.5) is 10.3 Å². The third-order valence-electron chi connectivity index (χ3n) is 4.12. The lowest BCUT2D eigenvalue weighted by Gasteiger charge is -2.08. The Morgan fingerprint density at radius 2 is 2.00 bits per heavy atom. The van der Waals surface area contributed by atoms with Gasteiger partial charge in [0.25, 0.3) is 5.56 Å². The highest BCUT2D eigenvalue weighted by molar-refractivity contribution is 5.76. The van der Waals surface area contributed by atoms with Gasteiger partial charge in [0, 0.05) is 6.54 Å². The molecule has 2 heterocycles. The third-order valence-corrected chi connectivity index (χ3v) is 4.12. The van der Waals surface area contributed by atoms with Crippen molar-refractivity contribution >= 4 is 17.0 Å². The van der Waals surface area contributed by atoms with Gasteiger partial charge >= 0.3 is 0 Å². The van der Waals surface area contributed by atoms with Gasteiger partial charge in [0.15, 0.2) is 5.65 Å². The van der Waals surface area contributed by atoms with Crippen LogP contribution in [0.5, 0.6) is 0 Å².